The zero-order chi connectivity index (χ0) is 12.0. The van der Waals surface area contributed by atoms with Crippen LogP contribution in [0, 0.1) is 5.41 Å². The zero-order valence-electron chi connectivity index (χ0n) is 10.3. The van der Waals surface area contributed by atoms with Gasteiger partial charge in [-0.1, -0.05) is 12.8 Å². The van der Waals surface area contributed by atoms with E-state index < -0.39 is 11.7 Å². The van der Waals surface area contributed by atoms with Gasteiger partial charge in [0.2, 0.25) is 0 Å². The number of ether oxygens (including phenoxy) is 1. The van der Waals surface area contributed by atoms with Crippen LogP contribution in [0.4, 0.5) is 4.79 Å². The van der Waals surface area contributed by atoms with E-state index in [1.165, 1.54) is 0 Å². The van der Waals surface area contributed by atoms with Crippen molar-refractivity contribution >= 4 is 6.09 Å². The average molecular weight is 226 g/mol. The molecule has 0 radical (unpaired) electrons. The predicted octanol–water partition coefficient (Wildman–Crippen LogP) is 1.14. The van der Waals surface area contributed by atoms with Crippen LogP contribution in [0.1, 0.15) is 40.0 Å². The normalized spacial score (nSPS) is 34.0. The highest BCUT2D eigenvalue weighted by molar-refractivity contribution is 5.68. The van der Waals surface area contributed by atoms with E-state index in [1.54, 1.807) is 4.90 Å². The molecule has 1 saturated carbocycles. The molecule has 16 heavy (non-hydrogen) atoms. The molecule has 0 bridgehead atoms. The van der Waals surface area contributed by atoms with Gasteiger partial charge < -0.3 is 14.7 Å². The van der Waals surface area contributed by atoms with Gasteiger partial charge in [-0.05, 0) is 32.6 Å². The number of nitrogens with zero attached hydrogens (tertiary/aromatic N) is 1. The summed E-state index contributed by atoms with van der Waals surface area (Å²) in [5.41, 5.74) is -0.309. The Kier molecular flexibility index (Phi) is 2.65. The summed E-state index contributed by atoms with van der Waals surface area (Å²) in [5, 5.41) is 11.1. The van der Waals surface area contributed by atoms with Gasteiger partial charge in [0.05, 0.1) is 0 Å². The molecule has 92 valence electrons. The van der Waals surface area contributed by atoms with E-state index in [-0.39, 0.29) is 11.5 Å². The fraction of sp³-hybridized carbons (Fsp3) is 0.917. The fourth-order valence-corrected chi connectivity index (χ4v) is 2.66. The molecule has 1 amide bonds. The minimum Gasteiger partial charge on any atom is -0.852 e. The Morgan fingerprint density at radius 2 is 2.06 bits per heavy atom. The third kappa shape index (κ3) is 2.32. The highest BCUT2D eigenvalue weighted by Gasteiger charge is 2.46. The van der Waals surface area contributed by atoms with Crippen molar-refractivity contribution in [3.05, 3.63) is 0 Å². The standard InChI is InChI=1S/C12H20NO3/c1-11(2,3)16-10(15)13-5-4-12(8-13)6-9(14)7-12/h9H,4-8H2,1-3H3/q-1. The molecule has 1 aliphatic heterocycles. The second-order valence-electron chi connectivity index (χ2n) is 6.18. The lowest BCUT2D eigenvalue weighted by Crippen LogP contribution is -2.50. The highest BCUT2D eigenvalue weighted by atomic mass is 16.6. The van der Waals surface area contributed by atoms with Crippen LogP contribution >= 0.6 is 0 Å². The van der Waals surface area contributed by atoms with Crippen LogP contribution in [0.2, 0.25) is 0 Å². The maximum atomic E-state index is 11.8. The van der Waals surface area contributed by atoms with Gasteiger partial charge in [0, 0.05) is 13.1 Å². The SMILES string of the molecule is CC(C)(C)OC(=O)N1CCC2(CC([O-])C2)C1. The summed E-state index contributed by atoms with van der Waals surface area (Å²) in [6.45, 7) is 7.05. The van der Waals surface area contributed by atoms with Crippen LogP contribution in [0.3, 0.4) is 0 Å². The topological polar surface area (TPSA) is 52.6 Å². The van der Waals surface area contributed by atoms with Crippen LogP contribution in [0.25, 0.3) is 0 Å². The van der Waals surface area contributed by atoms with Crippen LogP contribution in [0.5, 0.6) is 0 Å². The van der Waals surface area contributed by atoms with Gasteiger partial charge in [-0.2, -0.15) is 0 Å². The second kappa shape index (κ2) is 3.62. The quantitative estimate of drug-likeness (QED) is 0.622. The van der Waals surface area contributed by atoms with Crippen molar-refractivity contribution in [1.29, 1.82) is 0 Å². The van der Waals surface area contributed by atoms with Crippen LogP contribution in [0.15, 0.2) is 0 Å². The Morgan fingerprint density at radius 3 is 2.56 bits per heavy atom. The first-order valence-electron chi connectivity index (χ1n) is 5.93. The molecule has 1 saturated heterocycles. The van der Waals surface area contributed by atoms with E-state index in [9.17, 15) is 9.90 Å². The third-order valence-corrected chi connectivity index (χ3v) is 3.41. The summed E-state index contributed by atoms with van der Waals surface area (Å²) in [7, 11) is 0. The first-order valence-corrected chi connectivity index (χ1v) is 5.93. The van der Waals surface area contributed by atoms with Crippen molar-refractivity contribution in [2.24, 2.45) is 5.41 Å². The lowest BCUT2D eigenvalue weighted by molar-refractivity contribution is -0.453. The molecule has 4 nitrogen and oxygen atoms in total. The Bertz CT molecular complexity index is 289. The summed E-state index contributed by atoms with van der Waals surface area (Å²) < 4.78 is 5.32. The molecule has 1 aliphatic carbocycles. The van der Waals surface area contributed by atoms with E-state index in [0.717, 1.165) is 25.8 Å². The number of hydrogen-bond donors (Lipinski definition) is 0. The predicted molar refractivity (Wildman–Crippen MR) is 57.9 cm³/mol. The molecule has 2 rings (SSSR count). The Hall–Kier alpha value is -0.770. The van der Waals surface area contributed by atoms with Crippen molar-refractivity contribution in [2.75, 3.05) is 13.1 Å². The minimum atomic E-state index is -0.437. The number of carbonyl (C=O) groups excluding carboxylic acids is 1. The minimum absolute atomic E-state index is 0.128. The molecule has 0 unspecified atom stereocenters. The maximum Gasteiger partial charge on any atom is 0.410 e. The van der Waals surface area contributed by atoms with Gasteiger partial charge >= 0.3 is 6.09 Å². The lowest BCUT2D eigenvalue weighted by Gasteiger charge is -2.49. The van der Waals surface area contributed by atoms with Crippen molar-refractivity contribution < 1.29 is 14.6 Å². The Labute approximate surface area is 96.6 Å². The molecule has 1 spiro atoms. The lowest BCUT2D eigenvalue weighted by atomic mass is 9.66. The molecular formula is C12H20NO3-. The van der Waals surface area contributed by atoms with Crippen molar-refractivity contribution in [3.63, 3.8) is 0 Å². The van der Waals surface area contributed by atoms with Crippen molar-refractivity contribution in [3.8, 4) is 0 Å². The average Bonchev–Trinajstić information content (AvgIpc) is 2.45. The zero-order valence-corrected chi connectivity index (χ0v) is 10.3. The van der Waals surface area contributed by atoms with Gasteiger partial charge in [0.15, 0.2) is 0 Å². The molecule has 0 aromatic heterocycles. The van der Waals surface area contributed by atoms with Gasteiger partial charge in [0.25, 0.3) is 0 Å². The fourth-order valence-electron chi connectivity index (χ4n) is 2.66. The molecule has 0 aromatic rings. The number of likely N-dealkylation sites (tertiary alicyclic amines) is 1. The second-order valence-corrected chi connectivity index (χ2v) is 6.18. The van der Waals surface area contributed by atoms with E-state index >= 15 is 0 Å². The van der Waals surface area contributed by atoms with Crippen LogP contribution < -0.4 is 5.11 Å². The Morgan fingerprint density at radius 1 is 1.44 bits per heavy atom. The monoisotopic (exact) mass is 226 g/mol. The Balaban J connectivity index is 1.87. The van der Waals surface area contributed by atoms with Crippen LogP contribution in [-0.2, 0) is 4.74 Å². The third-order valence-electron chi connectivity index (χ3n) is 3.41. The van der Waals surface area contributed by atoms with Gasteiger partial charge in [-0.15, -0.1) is 6.10 Å². The number of amides is 1. The summed E-state index contributed by atoms with van der Waals surface area (Å²) in [6, 6.07) is 0. The van der Waals surface area contributed by atoms with E-state index in [0.29, 0.717) is 6.54 Å². The maximum absolute atomic E-state index is 11.8. The summed E-state index contributed by atoms with van der Waals surface area (Å²) in [5.74, 6) is 0. The molecule has 0 aromatic carbocycles. The highest BCUT2D eigenvalue weighted by Crippen LogP contribution is 2.47. The van der Waals surface area contributed by atoms with E-state index in [2.05, 4.69) is 0 Å². The molecule has 2 aliphatic rings. The van der Waals surface area contributed by atoms with Crippen LogP contribution in [-0.4, -0.2) is 35.8 Å². The van der Waals surface area contributed by atoms with Gasteiger partial charge in [0.1, 0.15) is 5.60 Å². The molecule has 4 heteroatoms. The number of rotatable bonds is 0. The number of carbonyl (C=O) groups is 1. The first kappa shape index (κ1) is 11.7. The van der Waals surface area contributed by atoms with Gasteiger partial charge in [-0.3, -0.25) is 0 Å². The van der Waals surface area contributed by atoms with E-state index in [1.807, 2.05) is 20.8 Å². The molecule has 1 heterocycles. The number of hydrogen-bond acceptors (Lipinski definition) is 3. The van der Waals surface area contributed by atoms with Crippen molar-refractivity contribution in [2.45, 2.75) is 51.7 Å². The van der Waals surface area contributed by atoms with Crippen molar-refractivity contribution in [1.82, 2.24) is 4.90 Å². The molecular weight excluding hydrogens is 206 g/mol. The first-order chi connectivity index (χ1) is 7.30. The summed E-state index contributed by atoms with van der Waals surface area (Å²) in [4.78, 5) is 13.5. The molecule has 2 fully saturated rings. The summed E-state index contributed by atoms with van der Waals surface area (Å²) in [6.07, 6.45) is 1.78. The largest absolute Gasteiger partial charge is 0.852 e. The molecule has 0 N–H and O–H groups in total. The summed E-state index contributed by atoms with van der Waals surface area (Å²) >= 11 is 0. The molecule has 0 atom stereocenters. The van der Waals surface area contributed by atoms with E-state index in [4.69, 9.17) is 4.74 Å². The van der Waals surface area contributed by atoms with Gasteiger partial charge in [-0.25, -0.2) is 4.79 Å². The smallest absolute Gasteiger partial charge is 0.410 e.